The lowest BCUT2D eigenvalue weighted by Crippen LogP contribution is -2.56. The third-order valence-corrected chi connectivity index (χ3v) is 5.90. The van der Waals surface area contributed by atoms with Gasteiger partial charge in [0.25, 0.3) is 5.56 Å². The lowest BCUT2D eigenvalue weighted by atomic mass is 9.73. The number of carboxylic acid groups (broad SMARTS) is 1. The molecule has 1 aliphatic carbocycles. The van der Waals surface area contributed by atoms with Gasteiger partial charge in [0.15, 0.2) is 0 Å². The Morgan fingerprint density at radius 3 is 2.81 bits per heavy atom. The summed E-state index contributed by atoms with van der Waals surface area (Å²) in [7, 11) is 0. The average molecular weight is 371 g/mol. The van der Waals surface area contributed by atoms with Crippen molar-refractivity contribution in [2.45, 2.75) is 45.3 Å². The Morgan fingerprint density at radius 1 is 1.33 bits per heavy atom. The van der Waals surface area contributed by atoms with Crippen molar-refractivity contribution in [1.82, 2.24) is 14.3 Å². The third kappa shape index (κ3) is 3.49. The van der Waals surface area contributed by atoms with E-state index in [0.29, 0.717) is 43.2 Å². The largest absolute Gasteiger partial charge is 0.481 e. The summed E-state index contributed by atoms with van der Waals surface area (Å²) in [4.78, 5) is 31.0. The Morgan fingerprint density at radius 2 is 2.11 bits per heavy atom. The Labute approximate surface area is 157 Å². The van der Waals surface area contributed by atoms with Gasteiger partial charge in [0.1, 0.15) is 11.1 Å². The molecule has 1 saturated carbocycles. The quantitative estimate of drug-likeness (QED) is 0.826. The van der Waals surface area contributed by atoms with Crippen LogP contribution in [0.2, 0.25) is 0 Å². The van der Waals surface area contributed by atoms with E-state index in [2.05, 4.69) is 4.98 Å². The predicted molar refractivity (Wildman–Crippen MR) is 99.5 cm³/mol. The van der Waals surface area contributed by atoms with Gasteiger partial charge < -0.3 is 10.2 Å². The zero-order chi connectivity index (χ0) is 19.2. The smallest absolute Gasteiger partial charge is 0.313 e. The SMILES string of the molecule is Cc1ccn2c(=O)cc(CN3CC[C@@H](O)[C@@](CC4CC4)(C(=O)O)C3)nc2c1. The number of hydrogen-bond acceptors (Lipinski definition) is 5. The van der Waals surface area contributed by atoms with Crippen LogP contribution in [0.15, 0.2) is 29.2 Å². The van der Waals surface area contributed by atoms with Crippen molar-refractivity contribution in [2.75, 3.05) is 13.1 Å². The Balaban J connectivity index is 1.59. The number of nitrogens with zero attached hydrogens (tertiary/aromatic N) is 3. The van der Waals surface area contributed by atoms with Gasteiger partial charge in [0.05, 0.1) is 11.8 Å². The topological polar surface area (TPSA) is 95.1 Å². The summed E-state index contributed by atoms with van der Waals surface area (Å²) in [5, 5.41) is 20.4. The summed E-state index contributed by atoms with van der Waals surface area (Å²) in [5.74, 6) is -0.518. The van der Waals surface area contributed by atoms with Crippen molar-refractivity contribution in [1.29, 1.82) is 0 Å². The Kier molecular flexibility index (Phi) is 4.52. The van der Waals surface area contributed by atoms with Crippen LogP contribution in [0.25, 0.3) is 5.65 Å². The minimum Gasteiger partial charge on any atom is -0.481 e. The van der Waals surface area contributed by atoms with E-state index < -0.39 is 17.5 Å². The Hall–Kier alpha value is -2.25. The summed E-state index contributed by atoms with van der Waals surface area (Å²) in [6, 6.07) is 5.23. The summed E-state index contributed by atoms with van der Waals surface area (Å²) in [5.41, 5.74) is 0.982. The third-order valence-electron chi connectivity index (χ3n) is 5.90. The average Bonchev–Trinajstić information content (AvgIpc) is 3.41. The van der Waals surface area contributed by atoms with Crippen molar-refractivity contribution >= 4 is 11.6 Å². The first-order valence-corrected chi connectivity index (χ1v) is 9.50. The van der Waals surface area contributed by atoms with Gasteiger partial charge in [0.2, 0.25) is 0 Å². The van der Waals surface area contributed by atoms with Crippen LogP contribution in [0.5, 0.6) is 0 Å². The van der Waals surface area contributed by atoms with Gasteiger partial charge >= 0.3 is 5.97 Å². The molecule has 27 heavy (non-hydrogen) atoms. The normalized spacial score (nSPS) is 26.4. The zero-order valence-electron chi connectivity index (χ0n) is 15.5. The minimum absolute atomic E-state index is 0.144. The van der Waals surface area contributed by atoms with E-state index in [1.807, 2.05) is 24.0 Å². The minimum atomic E-state index is -1.12. The van der Waals surface area contributed by atoms with E-state index in [4.69, 9.17) is 0 Å². The van der Waals surface area contributed by atoms with Crippen LogP contribution in [-0.2, 0) is 11.3 Å². The second kappa shape index (κ2) is 6.73. The van der Waals surface area contributed by atoms with Crippen molar-refractivity contribution in [3.05, 3.63) is 46.0 Å². The molecule has 2 aromatic heterocycles. The summed E-state index contributed by atoms with van der Waals surface area (Å²) >= 11 is 0. The van der Waals surface area contributed by atoms with Gasteiger partial charge in [-0.05, 0) is 43.4 Å². The van der Waals surface area contributed by atoms with E-state index in [1.54, 1.807) is 6.20 Å². The highest BCUT2D eigenvalue weighted by molar-refractivity contribution is 5.76. The maximum absolute atomic E-state index is 12.4. The number of aromatic nitrogens is 2. The van der Waals surface area contributed by atoms with Crippen molar-refractivity contribution in [3.63, 3.8) is 0 Å². The number of aliphatic hydroxyl groups excluding tert-OH is 1. The molecule has 0 spiro atoms. The molecule has 0 unspecified atom stereocenters. The predicted octanol–water partition coefficient (Wildman–Crippen LogP) is 1.44. The second-order valence-corrected chi connectivity index (χ2v) is 8.14. The van der Waals surface area contributed by atoms with E-state index >= 15 is 0 Å². The molecule has 0 bridgehead atoms. The molecule has 1 aliphatic heterocycles. The fourth-order valence-corrected chi connectivity index (χ4v) is 4.20. The number of piperidine rings is 1. The zero-order valence-corrected chi connectivity index (χ0v) is 15.5. The fourth-order valence-electron chi connectivity index (χ4n) is 4.20. The molecule has 7 heteroatoms. The summed E-state index contributed by atoms with van der Waals surface area (Å²) in [6.07, 6.45) is 3.92. The Bertz CT molecular complexity index is 936. The lowest BCUT2D eigenvalue weighted by Gasteiger charge is -2.43. The molecule has 2 atom stereocenters. The number of hydrogen-bond donors (Lipinski definition) is 2. The van der Waals surface area contributed by atoms with Gasteiger partial charge in [-0.15, -0.1) is 0 Å². The highest BCUT2D eigenvalue weighted by Gasteiger charge is 2.51. The van der Waals surface area contributed by atoms with Crippen molar-refractivity contribution in [2.24, 2.45) is 11.3 Å². The molecule has 1 saturated heterocycles. The molecule has 0 aromatic carbocycles. The standard InChI is InChI=1S/C20H25N3O4/c1-13-4-7-23-17(8-13)21-15(9-18(23)25)11-22-6-5-16(24)20(12-22,19(26)27)10-14-2-3-14/h4,7-9,14,16,24H,2-3,5-6,10-12H2,1H3,(H,26,27)/t16-,20+/m1/s1. The van der Waals surface area contributed by atoms with Gasteiger partial charge in [0, 0.05) is 31.9 Å². The number of carboxylic acids is 1. The number of aryl methyl sites for hydroxylation is 1. The van der Waals surface area contributed by atoms with Gasteiger partial charge in [-0.25, -0.2) is 4.98 Å². The number of rotatable bonds is 5. The van der Waals surface area contributed by atoms with E-state index in [9.17, 15) is 19.8 Å². The molecule has 2 aliphatic rings. The summed E-state index contributed by atoms with van der Waals surface area (Å²) < 4.78 is 1.51. The molecule has 2 aromatic rings. The van der Waals surface area contributed by atoms with Gasteiger partial charge in [-0.1, -0.05) is 12.8 Å². The van der Waals surface area contributed by atoms with Crippen LogP contribution in [-0.4, -0.2) is 49.7 Å². The highest BCUT2D eigenvalue weighted by atomic mass is 16.4. The maximum Gasteiger partial charge on any atom is 0.313 e. The number of aliphatic hydroxyl groups is 1. The van der Waals surface area contributed by atoms with Crippen LogP contribution in [0.4, 0.5) is 0 Å². The molecule has 4 rings (SSSR count). The first-order valence-electron chi connectivity index (χ1n) is 9.50. The van der Waals surface area contributed by atoms with Crippen molar-refractivity contribution < 1.29 is 15.0 Å². The van der Waals surface area contributed by atoms with Gasteiger partial charge in [-0.2, -0.15) is 0 Å². The van der Waals surface area contributed by atoms with Crippen LogP contribution < -0.4 is 5.56 Å². The number of pyridine rings is 1. The molecular formula is C20H25N3O4. The molecule has 3 heterocycles. The number of carbonyl (C=O) groups is 1. The molecule has 0 radical (unpaired) electrons. The molecular weight excluding hydrogens is 346 g/mol. The van der Waals surface area contributed by atoms with E-state index in [1.165, 1.54) is 10.5 Å². The maximum atomic E-state index is 12.4. The van der Waals surface area contributed by atoms with E-state index in [-0.39, 0.29) is 12.1 Å². The second-order valence-electron chi connectivity index (χ2n) is 8.14. The van der Waals surface area contributed by atoms with Gasteiger partial charge in [-0.3, -0.25) is 18.9 Å². The van der Waals surface area contributed by atoms with Crippen molar-refractivity contribution in [3.8, 4) is 0 Å². The number of fused-ring (bicyclic) bond motifs is 1. The van der Waals surface area contributed by atoms with Crippen LogP contribution in [0, 0.1) is 18.3 Å². The first kappa shape index (κ1) is 18.1. The van der Waals surface area contributed by atoms with Crippen LogP contribution in [0.3, 0.4) is 0 Å². The molecule has 7 nitrogen and oxygen atoms in total. The van der Waals surface area contributed by atoms with Crippen LogP contribution in [0.1, 0.15) is 36.9 Å². The highest BCUT2D eigenvalue weighted by Crippen LogP contribution is 2.45. The molecule has 0 amide bonds. The lowest BCUT2D eigenvalue weighted by molar-refractivity contribution is -0.165. The molecule has 2 N–H and O–H groups in total. The summed E-state index contributed by atoms with van der Waals surface area (Å²) in [6.45, 7) is 3.24. The molecule has 2 fully saturated rings. The number of likely N-dealkylation sites (tertiary alicyclic amines) is 1. The fraction of sp³-hybridized carbons (Fsp3) is 0.550. The number of aliphatic carboxylic acids is 1. The van der Waals surface area contributed by atoms with E-state index in [0.717, 1.165) is 18.4 Å². The molecule has 144 valence electrons. The first-order chi connectivity index (χ1) is 12.9. The van der Waals surface area contributed by atoms with Crippen LogP contribution >= 0.6 is 0 Å². The monoisotopic (exact) mass is 371 g/mol.